The summed E-state index contributed by atoms with van der Waals surface area (Å²) in [6.07, 6.45) is 0. The van der Waals surface area contributed by atoms with Crippen LogP contribution in [-0.2, 0) is 0 Å². The molecule has 4 rings (SSSR count). The highest BCUT2D eigenvalue weighted by Gasteiger charge is 2.14. The van der Waals surface area contributed by atoms with Crippen molar-refractivity contribution in [1.29, 1.82) is 5.41 Å². The summed E-state index contributed by atoms with van der Waals surface area (Å²) in [5, 5.41) is 13.8. The molecule has 122 valence electrons. The number of hydrogen-bond acceptors (Lipinski definition) is 3. The number of carbonyl (C=O) groups excluding carboxylic acids is 1. The first-order chi connectivity index (χ1) is 12.1. The molecular weight excluding hydrogens is 312 g/mol. The van der Waals surface area contributed by atoms with Gasteiger partial charge in [0, 0.05) is 11.1 Å². The fourth-order valence-electron chi connectivity index (χ4n) is 2.96. The third-order valence-electron chi connectivity index (χ3n) is 4.31. The topological polar surface area (TPSA) is 66.1 Å². The third-order valence-corrected chi connectivity index (χ3v) is 4.31. The molecule has 1 heterocycles. The van der Waals surface area contributed by atoms with E-state index in [2.05, 4.69) is 5.32 Å². The van der Waals surface area contributed by atoms with Gasteiger partial charge < -0.3 is 9.73 Å². The minimum atomic E-state index is -0.349. The van der Waals surface area contributed by atoms with Crippen LogP contribution in [-0.4, -0.2) is 5.91 Å². The second-order valence-corrected chi connectivity index (χ2v) is 5.96. The Balaban J connectivity index is 1.85. The van der Waals surface area contributed by atoms with E-state index < -0.39 is 0 Å². The number of carbonyl (C=O) groups is 1. The first-order valence-electron chi connectivity index (χ1n) is 8.01. The monoisotopic (exact) mass is 328 g/mol. The highest BCUT2D eigenvalue weighted by molar-refractivity contribution is 6.10. The number of amides is 1. The number of aryl methyl sites for hydroxylation is 1. The molecule has 0 aliphatic rings. The van der Waals surface area contributed by atoms with E-state index >= 15 is 0 Å². The Morgan fingerprint density at radius 1 is 0.960 bits per heavy atom. The number of benzene rings is 3. The molecule has 2 N–H and O–H groups in total. The second kappa shape index (κ2) is 5.91. The van der Waals surface area contributed by atoms with E-state index in [1.165, 1.54) is 0 Å². The molecule has 4 aromatic rings. The molecule has 1 amide bonds. The Hall–Kier alpha value is -3.40. The van der Waals surface area contributed by atoms with E-state index in [1.807, 2.05) is 67.6 Å². The summed E-state index contributed by atoms with van der Waals surface area (Å²) < 4.78 is 5.60. The largest absolute Gasteiger partial charge is 0.438 e. The molecule has 0 aliphatic carbocycles. The predicted molar refractivity (Wildman–Crippen MR) is 98.7 cm³/mol. The minimum absolute atomic E-state index is 0.145. The standard InChI is InChI=1S/C21H16N2O2/c1-13-6-2-5-9-18(13)23-21(24)17-12-16-15-8-4-3-7-14(15)10-11-19(16)25-20(17)22/h2-12,22H,1H3,(H,23,24). The second-order valence-electron chi connectivity index (χ2n) is 5.96. The zero-order valence-electron chi connectivity index (χ0n) is 13.7. The van der Waals surface area contributed by atoms with Crippen LogP contribution in [0.25, 0.3) is 21.7 Å². The molecule has 4 nitrogen and oxygen atoms in total. The zero-order valence-corrected chi connectivity index (χ0v) is 13.7. The quantitative estimate of drug-likeness (QED) is 0.527. The maximum absolute atomic E-state index is 12.7. The van der Waals surface area contributed by atoms with Crippen molar-refractivity contribution in [2.45, 2.75) is 6.92 Å². The van der Waals surface area contributed by atoms with Gasteiger partial charge >= 0.3 is 0 Å². The maximum Gasteiger partial charge on any atom is 0.261 e. The number of para-hydroxylation sites is 1. The lowest BCUT2D eigenvalue weighted by molar-refractivity contribution is 0.102. The Bertz CT molecular complexity index is 1180. The van der Waals surface area contributed by atoms with E-state index in [0.717, 1.165) is 27.4 Å². The van der Waals surface area contributed by atoms with E-state index in [-0.39, 0.29) is 17.0 Å². The molecule has 0 radical (unpaired) electrons. The molecule has 0 bridgehead atoms. The van der Waals surface area contributed by atoms with Gasteiger partial charge in [0.15, 0.2) is 0 Å². The Kier molecular flexibility index (Phi) is 3.58. The summed E-state index contributed by atoms with van der Waals surface area (Å²) in [5.41, 5.74) is 2.35. The lowest BCUT2D eigenvalue weighted by atomic mass is 10.0. The highest BCUT2D eigenvalue weighted by Crippen LogP contribution is 2.25. The van der Waals surface area contributed by atoms with Crippen LogP contribution in [0.5, 0.6) is 0 Å². The molecule has 0 saturated carbocycles. The number of rotatable bonds is 2. The van der Waals surface area contributed by atoms with E-state index in [9.17, 15) is 4.79 Å². The molecule has 4 heteroatoms. The van der Waals surface area contributed by atoms with Gasteiger partial charge in [-0.3, -0.25) is 10.2 Å². The molecule has 3 aromatic carbocycles. The van der Waals surface area contributed by atoms with E-state index in [4.69, 9.17) is 9.83 Å². The van der Waals surface area contributed by atoms with Crippen LogP contribution < -0.4 is 10.9 Å². The van der Waals surface area contributed by atoms with Gasteiger partial charge in [0.25, 0.3) is 5.91 Å². The zero-order chi connectivity index (χ0) is 17.4. The van der Waals surface area contributed by atoms with Gasteiger partial charge in [0.2, 0.25) is 5.55 Å². The minimum Gasteiger partial charge on any atom is -0.438 e. The van der Waals surface area contributed by atoms with Crippen molar-refractivity contribution in [1.82, 2.24) is 0 Å². The molecule has 0 spiro atoms. The highest BCUT2D eigenvalue weighted by atomic mass is 16.3. The molecule has 0 atom stereocenters. The van der Waals surface area contributed by atoms with Gasteiger partial charge in [-0.1, -0.05) is 48.5 Å². The number of nitrogens with one attached hydrogen (secondary N) is 2. The Morgan fingerprint density at radius 3 is 2.56 bits per heavy atom. The van der Waals surface area contributed by atoms with Crippen molar-refractivity contribution in [3.8, 4) is 0 Å². The first-order valence-corrected chi connectivity index (χ1v) is 8.01. The van der Waals surface area contributed by atoms with Crippen molar-refractivity contribution in [2.24, 2.45) is 0 Å². The average Bonchev–Trinajstić information content (AvgIpc) is 2.62. The summed E-state index contributed by atoms with van der Waals surface area (Å²) in [4.78, 5) is 12.7. The molecule has 0 fully saturated rings. The van der Waals surface area contributed by atoms with Gasteiger partial charge in [0.1, 0.15) is 11.1 Å². The summed E-state index contributed by atoms with van der Waals surface area (Å²) in [7, 11) is 0. The Morgan fingerprint density at radius 2 is 1.72 bits per heavy atom. The molecule has 1 aromatic heterocycles. The van der Waals surface area contributed by atoms with Crippen LogP contribution in [0.15, 0.2) is 71.1 Å². The van der Waals surface area contributed by atoms with Crippen molar-refractivity contribution in [3.63, 3.8) is 0 Å². The van der Waals surface area contributed by atoms with Gasteiger partial charge in [0.05, 0.1) is 0 Å². The number of hydrogen-bond donors (Lipinski definition) is 2. The molecule has 0 aliphatic heterocycles. The van der Waals surface area contributed by atoms with Crippen LogP contribution in [0.4, 0.5) is 5.69 Å². The van der Waals surface area contributed by atoms with Crippen molar-refractivity contribution in [2.75, 3.05) is 5.32 Å². The molecule has 0 unspecified atom stereocenters. The predicted octanol–water partition coefficient (Wildman–Crippen LogP) is 4.63. The SMILES string of the molecule is Cc1ccccc1NC(=O)c1cc2c(ccc3ccccc32)oc1=N. The fraction of sp³-hybridized carbons (Fsp3) is 0.0476. The Labute approximate surface area is 144 Å². The van der Waals surface area contributed by atoms with E-state index in [0.29, 0.717) is 5.58 Å². The van der Waals surface area contributed by atoms with Crippen LogP contribution >= 0.6 is 0 Å². The third kappa shape index (κ3) is 2.68. The molecular formula is C21H16N2O2. The number of anilines is 1. The van der Waals surface area contributed by atoms with Gasteiger partial charge in [-0.15, -0.1) is 0 Å². The summed E-state index contributed by atoms with van der Waals surface area (Å²) in [6.45, 7) is 1.93. The van der Waals surface area contributed by atoms with Gasteiger partial charge in [-0.25, -0.2) is 0 Å². The molecule has 25 heavy (non-hydrogen) atoms. The van der Waals surface area contributed by atoms with Crippen LogP contribution in [0.3, 0.4) is 0 Å². The average molecular weight is 328 g/mol. The normalized spacial score (nSPS) is 10.9. The van der Waals surface area contributed by atoms with Gasteiger partial charge in [-0.2, -0.15) is 0 Å². The van der Waals surface area contributed by atoms with Crippen LogP contribution in [0.1, 0.15) is 15.9 Å². The van der Waals surface area contributed by atoms with Crippen molar-refractivity contribution >= 4 is 33.3 Å². The number of fused-ring (bicyclic) bond motifs is 3. The lowest BCUT2D eigenvalue weighted by Crippen LogP contribution is -2.21. The fourth-order valence-corrected chi connectivity index (χ4v) is 2.96. The van der Waals surface area contributed by atoms with Crippen molar-refractivity contribution in [3.05, 3.63) is 83.4 Å². The smallest absolute Gasteiger partial charge is 0.261 e. The maximum atomic E-state index is 12.7. The van der Waals surface area contributed by atoms with Crippen LogP contribution in [0.2, 0.25) is 0 Å². The lowest BCUT2D eigenvalue weighted by Gasteiger charge is -2.09. The van der Waals surface area contributed by atoms with Crippen molar-refractivity contribution < 1.29 is 9.21 Å². The first kappa shape index (κ1) is 15.1. The molecule has 0 saturated heterocycles. The van der Waals surface area contributed by atoms with E-state index in [1.54, 1.807) is 6.07 Å². The summed E-state index contributed by atoms with van der Waals surface area (Å²) >= 11 is 0. The summed E-state index contributed by atoms with van der Waals surface area (Å²) in [6, 6.07) is 21.0. The van der Waals surface area contributed by atoms with Crippen LogP contribution in [0, 0.1) is 12.3 Å². The summed E-state index contributed by atoms with van der Waals surface area (Å²) in [5.74, 6) is -0.349. The van der Waals surface area contributed by atoms with Gasteiger partial charge in [-0.05, 0) is 41.5 Å².